The molecule has 7 heteroatoms. The maximum atomic E-state index is 13.7. The molecule has 0 spiro atoms. The Morgan fingerprint density at radius 3 is 2.46 bits per heavy atom. The number of carbonyl (C=O) groups is 2. The molecule has 200 valence electrons. The summed E-state index contributed by atoms with van der Waals surface area (Å²) in [5, 5.41) is 3.57. The smallest absolute Gasteiger partial charge is 0.412 e. The van der Waals surface area contributed by atoms with Crippen molar-refractivity contribution in [3.63, 3.8) is 0 Å². The minimum absolute atomic E-state index is 0.0222. The van der Waals surface area contributed by atoms with Crippen LogP contribution in [0.4, 0.5) is 10.5 Å². The number of amides is 2. The number of ether oxygens (including phenoxy) is 2. The van der Waals surface area contributed by atoms with E-state index >= 15 is 0 Å². The van der Waals surface area contributed by atoms with E-state index in [4.69, 9.17) is 9.47 Å². The van der Waals surface area contributed by atoms with Crippen molar-refractivity contribution in [2.75, 3.05) is 25.5 Å². The molecule has 1 saturated heterocycles. The van der Waals surface area contributed by atoms with Gasteiger partial charge in [0.2, 0.25) is 5.91 Å². The molecule has 2 heterocycles. The summed E-state index contributed by atoms with van der Waals surface area (Å²) in [5.41, 5.74) is 2.49. The van der Waals surface area contributed by atoms with Gasteiger partial charge in [-0.3, -0.25) is 15.0 Å². The van der Waals surface area contributed by atoms with Gasteiger partial charge >= 0.3 is 6.09 Å². The van der Waals surface area contributed by atoms with Crippen LogP contribution in [0.2, 0.25) is 0 Å². The lowest BCUT2D eigenvalue weighted by atomic mass is 9.73. The van der Waals surface area contributed by atoms with Gasteiger partial charge in [0.25, 0.3) is 0 Å². The van der Waals surface area contributed by atoms with Crippen LogP contribution in [-0.2, 0) is 21.6 Å². The standard InChI is InChI=1S/C30H41N3O4/c1-20(2)36-26-18-21-15-16-27(34)32(7)25(21)19-23(26)24-14-11-17-33(28(35)37-29(3,4)5)30(24,31-6)22-12-9-8-10-13-22/h8-10,12-13,18-20,24,31H,11,14-17H2,1-7H3/t24-,30+/m0/s1. The number of nitrogens with one attached hydrogen (secondary N) is 1. The van der Waals surface area contributed by atoms with Crippen LogP contribution in [0, 0.1) is 0 Å². The number of hydrogen-bond donors (Lipinski definition) is 1. The summed E-state index contributed by atoms with van der Waals surface area (Å²) in [6.45, 7) is 10.3. The number of carbonyl (C=O) groups excluding carboxylic acids is 2. The van der Waals surface area contributed by atoms with E-state index in [9.17, 15) is 9.59 Å². The van der Waals surface area contributed by atoms with E-state index in [1.807, 2.05) is 71.8 Å². The lowest BCUT2D eigenvalue weighted by Gasteiger charge is -2.52. The van der Waals surface area contributed by atoms with E-state index < -0.39 is 11.3 Å². The van der Waals surface area contributed by atoms with E-state index in [0.717, 1.165) is 41.0 Å². The number of likely N-dealkylation sites (N-methyl/N-ethyl adjacent to an activating group) is 1. The number of likely N-dealkylation sites (tertiary alicyclic amines) is 1. The molecule has 1 fully saturated rings. The molecule has 2 aromatic carbocycles. The molecule has 2 aliphatic rings. The number of rotatable bonds is 5. The van der Waals surface area contributed by atoms with Crippen molar-refractivity contribution >= 4 is 17.7 Å². The van der Waals surface area contributed by atoms with Gasteiger partial charge in [-0.2, -0.15) is 0 Å². The van der Waals surface area contributed by atoms with Gasteiger partial charge < -0.3 is 14.4 Å². The largest absolute Gasteiger partial charge is 0.491 e. The molecule has 0 bridgehead atoms. The molecule has 0 radical (unpaired) electrons. The Morgan fingerprint density at radius 2 is 1.84 bits per heavy atom. The molecule has 0 aliphatic carbocycles. The summed E-state index contributed by atoms with van der Waals surface area (Å²) >= 11 is 0. The lowest BCUT2D eigenvalue weighted by Crippen LogP contribution is -2.63. The Kier molecular flexibility index (Phi) is 7.56. The maximum absolute atomic E-state index is 13.7. The third-order valence-electron chi connectivity index (χ3n) is 7.31. The van der Waals surface area contributed by atoms with Gasteiger partial charge in [-0.1, -0.05) is 30.3 Å². The Morgan fingerprint density at radius 1 is 1.14 bits per heavy atom. The molecule has 0 saturated carbocycles. The summed E-state index contributed by atoms with van der Waals surface area (Å²) in [6, 6.07) is 14.3. The molecule has 2 atom stereocenters. The van der Waals surface area contributed by atoms with Gasteiger partial charge in [0.1, 0.15) is 17.0 Å². The summed E-state index contributed by atoms with van der Waals surface area (Å²) < 4.78 is 12.3. The van der Waals surface area contributed by atoms with Crippen LogP contribution in [0.15, 0.2) is 42.5 Å². The van der Waals surface area contributed by atoms with Crippen LogP contribution < -0.4 is 15.0 Å². The van der Waals surface area contributed by atoms with Crippen LogP contribution in [0.1, 0.15) is 76.5 Å². The van der Waals surface area contributed by atoms with Gasteiger partial charge in [-0.05, 0) is 84.2 Å². The number of nitrogens with zero attached hydrogens (tertiary/aromatic N) is 2. The molecule has 2 aliphatic heterocycles. The maximum Gasteiger partial charge on any atom is 0.412 e. The highest BCUT2D eigenvalue weighted by Gasteiger charge is 2.51. The summed E-state index contributed by atoms with van der Waals surface area (Å²) in [5.74, 6) is 0.770. The highest BCUT2D eigenvalue weighted by atomic mass is 16.6. The number of aryl methyl sites for hydroxylation is 1. The van der Waals surface area contributed by atoms with Gasteiger partial charge in [-0.15, -0.1) is 0 Å². The second-order valence-corrected chi connectivity index (χ2v) is 11.3. The number of fused-ring (bicyclic) bond motifs is 1. The van der Waals surface area contributed by atoms with E-state index in [0.29, 0.717) is 19.4 Å². The Balaban J connectivity index is 1.94. The van der Waals surface area contributed by atoms with Crippen molar-refractivity contribution in [2.45, 2.75) is 83.6 Å². The van der Waals surface area contributed by atoms with E-state index in [2.05, 4.69) is 29.6 Å². The molecule has 0 unspecified atom stereocenters. The highest BCUT2D eigenvalue weighted by molar-refractivity contribution is 5.96. The highest BCUT2D eigenvalue weighted by Crippen LogP contribution is 2.50. The van der Waals surface area contributed by atoms with Crippen LogP contribution >= 0.6 is 0 Å². The topological polar surface area (TPSA) is 71.1 Å². The van der Waals surface area contributed by atoms with Crippen LogP contribution in [0.3, 0.4) is 0 Å². The molecule has 2 amide bonds. The number of piperidine rings is 1. The fourth-order valence-corrected chi connectivity index (χ4v) is 5.77. The molecule has 1 N–H and O–H groups in total. The van der Waals surface area contributed by atoms with E-state index in [1.165, 1.54) is 0 Å². The zero-order valence-corrected chi connectivity index (χ0v) is 23.3. The van der Waals surface area contributed by atoms with Crippen molar-refractivity contribution in [2.24, 2.45) is 0 Å². The van der Waals surface area contributed by atoms with Crippen molar-refractivity contribution in [1.29, 1.82) is 0 Å². The molecular weight excluding hydrogens is 466 g/mol. The van der Waals surface area contributed by atoms with Crippen LogP contribution in [0.25, 0.3) is 0 Å². The third kappa shape index (κ3) is 5.19. The fraction of sp³-hybridized carbons (Fsp3) is 0.533. The third-order valence-corrected chi connectivity index (χ3v) is 7.31. The summed E-state index contributed by atoms with van der Waals surface area (Å²) in [4.78, 5) is 29.9. The minimum Gasteiger partial charge on any atom is -0.491 e. The van der Waals surface area contributed by atoms with Gasteiger partial charge in [0.15, 0.2) is 0 Å². The monoisotopic (exact) mass is 507 g/mol. The van der Waals surface area contributed by atoms with Crippen molar-refractivity contribution in [3.8, 4) is 5.75 Å². The van der Waals surface area contributed by atoms with Crippen molar-refractivity contribution in [1.82, 2.24) is 10.2 Å². The normalized spacial score (nSPS) is 22.2. The molecule has 37 heavy (non-hydrogen) atoms. The first kappa shape index (κ1) is 27.0. The first-order valence-electron chi connectivity index (χ1n) is 13.3. The second kappa shape index (κ2) is 10.4. The zero-order chi connectivity index (χ0) is 27.0. The molecule has 7 nitrogen and oxygen atoms in total. The van der Waals surface area contributed by atoms with Gasteiger partial charge in [0.05, 0.1) is 6.10 Å². The lowest BCUT2D eigenvalue weighted by molar-refractivity contribution is -0.118. The number of anilines is 1. The van der Waals surface area contributed by atoms with Crippen LogP contribution in [0.5, 0.6) is 5.75 Å². The zero-order valence-electron chi connectivity index (χ0n) is 23.3. The molecule has 4 rings (SSSR count). The Bertz CT molecular complexity index is 1140. The average Bonchev–Trinajstić information content (AvgIpc) is 2.84. The Hall–Kier alpha value is -3.06. The van der Waals surface area contributed by atoms with Crippen molar-refractivity contribution < 1.29 is 19.1 Å². The number of benzene rings is 2. The second-order valence-electron chi connectivity index (χ2n) is 11.3. The predicted molar refractivity (Wildman–Crippen MR) is 146 cm³/mol. The first-order valence-corrected chi connectivity index (χ1v) is 13.3. The quantitative estimate of drug-likeness (QED) is 0.573. The van der Waals surface area contributed by atoms with E-state index in [-0.39, 0.29) is 24.0 Å². The molecule has 0 aromatic heterocycles. The fourth-order valence-electron chi connectivity index (χ4n) is 5.77. The van der Waals surface area contributed by atoms with Crippen LogP contribution in [-0.4, -0.2) is 49.2 Å². The van der Waals surface area contributed by atoms with E-state index in [1.54, 1.807) is 4.90 Å². The van der Waals surface area contributed by atoms with Crippen molar-refractivity contribution in [3.05, 3.63) is 59.2 Å². The SMILES string of the molecule is CN[C@@]1(c2ccccc2)[C@H](c2cc3c(cc2OC(C)C)CCC(=O)N3C)CCCN1C(=O)OC(C)(C)C. The van der Waals surface area contributed by atoms with Gasteiger partial charge in [0, 0.05) is 37.2 Å². The molecular formula is C30H41N3O4. The predicted octanol–water partition coefficient (Wildman–Crippen LogP) is 5.57. The van der Waals surface area contributed by atoms with Gasteiger partial charge in [-0.25, -0.2) is 4.79 Å². The average molecular weight is 508 g/mol. The summed E-state index contributed by atoms with van der Waals surface area (Å²) in [6.07, 6.45) is 2.45. The molecule has 2 aromatic rings. The number of hydrogen-bond acceptors (Lipinski definition) is 5. The summed E-state index contributed by atoms with van der Waals surface area (Å²) in [7, 11) is 3.74. The minimum atomic E-state index is -0.873. The Labute approximate surface area is 221 Å². The first-order chi connectivity index (χ1) is 17.5.